The zero-order valence-electron chi connectivity index (χ0n) is 9.07. The first kappa shape index (κ1) is 12.7. The highest BCUT2D eigenvalue weighted by Crippen LogP contribution is 2.18. The zero-order valence-corrected chi connectivity index (χ0v) is 9.07. The van der Waals surface area contributed by atoms with E-state index in [0.717, 1.165) is 0 Å². The Kier molecular flexibility index (Phi) is 3.92. The van der Waals surface area contributed by atoms with Gasteiger partial charge in [-0.05, 0) is 27.7 Å². The number of rotatable bonds is 3. The minimum Gasteiger partial charge on any atom is -0.465 e. The molecule has 3 N–H and O–H groups in total. The van der Waals surface area contributed by atoms with E-state index in [1.807, 2.05) is 0 Å². The Morgan fingerprint density at radius 1 is 1.43 bits per heavy atom. The van der Waals surface area contributed by atoms with E-state index in [-0.39, 0.29) is 6.42 Å². The van der Waals surface area contributed by atoms with Gasteiger partial charge in [0.25, 0.3) is 0 Å². The van der Waals surface area contributed by atoms with Gasteiger partial charge in [-0.15, -0.1) is 0 Å². The van der Waals surface area contributed by atoms with Gasteiger partial charge in [-0.2, -0.15) is 0 Å². The van der Waals surface area contributed by atoms with Crippen LogP contribution in [0.3, 0.4) is 0 Å². The van der Waals surface area contributed by atoms with Crippen molar-refractivity contribution in [1.82, 2.24) is 4.90 Å². The molecule has 1 atom stereocenters. The number of carbonyl (C=O) groups is 2. The predicted octanol–water partition coefficient (Wildman–Crippen LogP) is 1.03. The number of nitrogens with zero attached hydrogens (tertiary/aromatic N) is 1. The fourth-order valence-corrected chi connectivity index (χ4v) is 1.52. The fourth-order valence-electron chi connectivity index (χ4n) is 1.52. The van der Waals surface area contributed by atoms with Crippen molar-refractivity contribution < 1.29 is 14.7 Å². The molecule has 0 bridgehead atoms. The lowest BCUT2D eigenvalue weighted by Gasteiger charge is -2.37. The molecule has 0 fully saturated rings. The number of amides is 2. The van der Waals surface area contributed by atoms with Crippen LogP contribution in [-0.2, 0) is 4.79 Å². The summed E-state index contributed by atoms with van der Waals surface area (Å²) >= 11 is 0. The van der Waals surface area contributed by atoms with Crippen molar-refractivity contribution in [2.45, 2.75) is 45.7 Å². The molecule has 0 saturated heterocycles. The van der Waals surface area contributed by atoms with Crippen molar-refractivity contribution in [3.8, 4) is 0 Å². The van der Waals surface area contributed by atoms with Gasteiger partial charge in [0.15, 0.2) is 0 Å². The van der Waals surface area contributed by atoms with Crippen LogP contribution in [0, 0.1) is 0 Å². The van der Waals surface area contributed by atoms with Crippen molar-refractivity contribution >= 4 is 12.0 Å². The molecule has 5 heteroatoms. The van der Waals surface area contributed by atoms with E-state index in [1.165, 1.54) is 4.90 Å². The average Bonchev–Trinajstić information content (AvgIpc) is 1.78. The Labute approximate surface area is 83.9 Å². The average molecular weight is 202 g/mol. The van der Waals surface area contributed by atoms with Crippen LogP contribution in [0.25, 0.3) is 0 Å². The second-order valence-corrected chi connectivity index (χ2v) is 4.34. The summed E-state index contributed by atoms with van der Waals surface area (Å²) in [5.41, 5.74) is 4.49. The summed E-state index contributed by atoms with van der Waals surface area (Å²) < 4.78 is 0. The maximum atomic E-state index is 10.9. The summed E-state index contributed by atoms with van der Waals surface area (Å²) in [4.78, 5) is 22.8. The minimum absolute atomic E-state index is 0.0452. The van der Waals surface area contributed by atoms with Gasteiger partial charge in [0.2, 0.25) is 5.91 Å². The zero-order chi connectivity index (χ0) is 11.5. The van der Waals surface area contributed by atoms with E-state index < -0.39 is 23.6 Å². The fraction of sp³-hybridized carbons (Fsp3) is 0.778. The van der Waals surface area contributed by atoms with Crippen LogP contribution in [0.4, 0.5) is 4.79 Å². The topological polar surface area (TPSA) is 83.6 Å². The highest BCUT2D eigenvalue weighted by molar-refractivity contribution is 5.75. The summed E-state index contributed by atoms with van der Waals surface area (Å²) in [7, 11) is 0. The Morgan fingerprint density at radius 2 is 1.86 bits per heavy atom. The van der Waals surface area contributed by atoms with E-state index in [0.29, 0.717) is 0 Å². The standard InChI is InChI=1S/C9H18N2O3/c1-6(5-7(10)12)11(8(13)14)9(2,3)4/h6H,5H2,1-4H3,(H2,10,12)(H,13,14)/t6-/m0/s1. The van der Waals surface area contributed by atoms with Crippen molar-refractivity contribution in [2.24, 2.45) is 5.73 Å². The third kappa shape index (κ3) is 3.64. The van der Waals surface area contributed by atoms with Gasteiger partial charge in [0.1, 0.15) is 0 Å². The molecule has 82 valence electrons. The summed E-state index contributed by atoms with van der Waals surface area (Å²) in [6, 6.07) is -0.398. The number of carboxylic acid groups (broad SMARTS) is 1. The maximum Gasteiger partial charge on any atom is 0.407 e. The van der Waals surface area contributed by atoms with Crippen LogP contribution < -0.4 is 5.73 Å². The molecular formula is C9H18N2O3. The molecular weight excluding hydrogens is 184 g/mol. The van der Waals surface area contributed by atoms with Gasteiger partial charge in [-0.3, -0.25) is 4.79 Å². The van der Waals surface area contributed by atoms with E-state index in [2.05, 4.69) is 0 Å². The van der Waals surface area contributed by atoms with Crippen molar-refractivity contribution in [3.63, 3.8) is 0 Å². The van der Waals surface area contributed by atoms with Gasteiger partial charge < -0.3 is 15.7 Å². The molecule has 5 nitrogen and oxygen atoms in total. The summed E-state index contributed by atoms with van der Waals surface area (Å²) in [6.07, 6.45) is -0.991. The van der Waals surface area contributed by atoms with Crippen LogP contribution in [0.2, 0.25) is 0 Å². The molecule has 14 heavy (non-hydrogen) atoms. The van der Waals surface area contributed by atoms with Crippen LogP contribution in [0.5, 0.6) is 0 Å². The smallest absolute Gasteiger partial charge is 0.407 e. The van der Waals surface area contributed by atoms with Crippen LogP contribution in [0.15, 0.2) is 0 Å². The van der Waals surface area contributed by atoms with E-state index in [9.17, 15) is 9.59 Å². The molecule has 0 aromatic rings. The van der Waals surface area contributed by atoms with Crippen LogP contribution in [0.1, 0.15) is 34.1 Å². The van der Waals surface area contributed by atoms with E-state index in [1.54, 1.807) is 27.7 Å². The number of hydrogen-bond acceptors (Lipinski definition) is 2. The van der Waals surface area contributed by atoms with Crippen LogP contribution >= 0.6 is 0 Å². The second-order valence-electron chi connectivity index (χ2n) is 4.34. The van der Waals surface area contributed by atoms with Crippen LogP contribution in [-0.4, -0.2) is 33.6 Å². The van der Waals surface area contributed by atoms with Crippen molar-refractivity contribution in [2.75, 3.05) is 0 Å². The molecule has 0 saturated carbocycles. The first-order valence-corrected chi connectivity index (χ1v) is 4.47. The normalized spacial score (nSPS) is 13.4. The molecule has 0 aliphatic rings. The lowest BCUT2D eigenvalue weighted by Crippen LogP contribution is -2.51. The second kappa shape index (κ2) is 4.30. The molecule has 0 rings (SSSR count). The largest absolute Gasteiger partial charge is 0.465 e. The SMILES string of the molecule is C[C@@H](CC(N)=O)N(C(=O)O)C(C)(C)C. The molecule has 0 unspecified atom stereocenters. The minimum atomic E-state index is -1.04. The highest BCUT2D eigenvalue weighted by Gasteiger charge is 2.31. The van der Waals surface area contributed by atoms with Gasteiger partial charge in [0.05, 0.1) is 0 Å². The van der Waals surface area contributed by atoms with Gasteiger partial charge in [-0.1, -0.05) is 0 Å². The lowest BCUT2D eigenvalue weighted by atomic mass is 10.0. The summed E-state index contributed by atoms with van der Waals surface area (Å²) in [6.45, 7) is 7.00. The molecule has 0 spiro atoms. The van der Waals surface area contributed by atoms with E-state index in [4.69, 9.17) is 10.8 Å². The first-order chi connectivity index (χ1) is 6.16. The molecule has 0 aromatic heterocycles. The predicted molar refractivity (Wildman–Crippen MR) is 52.9 cm³/mol. The third-order valence-corrected chi connectivity index (χ3v) is 1.87. The Balaban J connectivity index is 4.67. The number of primary amides is 1. The first-order valence-electron chi connectivity index (χ1n) is 4.47. The van der Waals surface area contributed by atoms with Gasteiger partial charge in [-0.25, -0.2) is 4.79 Å². The number of hydrogen-bond donors (Lipinski definition) is 2. The molecule has 2 amide bonds. The molecule has 0 aromatic carbocycles. The Bertz CT molecular complexity index is 233. The van der Waals surface area contributed by atoms with Gasteiger partial charge in [0, 0.05) is 18.0 Å². The van der Waals surface area contributed by atoms with E-state index >= 15 is 0 Å². The maximum absolute atomic E-state index is 10.9. The van der Waals surface area contributed by atoms with Crippen molar-refractivity contribution in [1.29, 1.82) is 0 Å². The lowest BCUT2D eigenvalue weighted by molar-refractivity contribution is -0.119. The third-order valence-electron chi connectivity index (χ3n) is 1.87. The Hall–Kier alpha value is -1.26. The number of carbonyl (C=O) groups excluding carboxylic acids is 1. The Morgan fingerprint density at radius 3 is 2.07 bits per heavy atom. The molecule has 0 aliphatic carbocycles. The van der Waals surface area contributed by atoms with Gasteiger partial charge >= 0.3 is 6.09 Å². The summed E-state index contributed by atoms with van der Waals surface area (Å²) in [5, 5.41) is 8.97. The number of nitrogens with two attached hydrogens (primary N) is 1. The molecule has 0 aliphatic heterocycles. The quantitative estimate of drug-likeness (QED) is 0.716. The molecule has 0 heterocycles. The molecule has 0 radical (unpaired) electrons. The van der Waals surface area contributed by atoms with Crippen molar-refractivity contribution in [3.05, 3.63) is 0 Å². The highest BCUT2D eigenvalue weighted by atomic mass is 16.4. The summed E-state index contributed by atoms with van der Waals surface area (Å²) in [5.74, 6) is -0.493. The monoisotopic (exact) mass is 202 g/mol.